The third kappa shape index (κ3) is 10.5. The van der Waals surface area contributed by atoms with E-state index in [1.165, 1.54) is 34.4 Å². The van der Waals surface area contributed by atoms with Gasteiger partial charge in [0.2, 0.25) is 0 Å². The van der Waals surface area contributed by atoms with Crippen LogP contribution >= 0.6 is 0 Å². The predicted molar refractivity (Wildman–Crippen MR) is 346 cm³/mol. The van der Waals surface area contributed by atoms with Crippen molar-refractivity contribution in [2.45, 2.75) is 118 Å². The van der Waals surface area contributed by atoms with Crippen LogP contribution in [0.4, 0.5) is 18.9 Å². The Morgan fingerprint density at radius 1 is 0.353 bits per heavy atom. The summed E-state index contributed by atoms with van der Waals surface area (Å²) in [7, 11) is 0. The molecule has 0 unspecified atom stereocenters. The standard InChI is InChI=1S/C76H69F3N6/c1-45-23-32-65-60(35-45)57-19-15-18-22-64(57)85(65)68-41-47(46-24-29-56(80-14)30-25-46)26-31-59(68)61-40-48(27-33-66(61)84-63-21-17-16-20-58(63)62-44-51(76(77,78)79)28-34-67(62)84)69-81-70(49-36-52(72(2,3)4)42-53(37-49)73(5,6)7)83-71(82-69)50-38-54(74(8,9)10)43-55(39-50)75(11,12)13/h15-44H,1-13H3. The summed E-state index contributed by atoms with van der Waals surface area (Å²) < 4.78 is 48.5. The first-order valence-electron chi connectivity index (χ1n) is 29.1. The second-order valence-electron chi connectivity index (χ2n) is 27.0. The largest absolute Gasteiger partial charge is 0.416 e. The topological polar surface area (TPSA) is 52.9 Å². The lowest BCUT2D eigenvalue weighted by molar-refractivity contribution is -0.137. The van der Waals surface area contributed by atoms with Crippen LogP contribution in [0.3, 0.4) is 0 Å². The van der Waals surface area contributed by atoms with E-state index >= 15 is 0 Å². The monoisotopic (exact) mass is 1120 g/mol. The third-order valence-corrected chi connectivity index (χ3v) is 16.7. The van der Waals surface area contributed by atoms with Gasteiger partial charge in [-0.05, 0) is 153 Å². The van der Waals surface area contributed by atoms with Crippen LogP contribution in [0.5, 0.6) is 0 Å². The molecule has 424 valence electrons. The Morgan fingerprint density at radius 2 is 0.788 bits per heavy atom. The second kappa shape index (κ2) is 20.3. The zero-order valence-electron chi connectivity index (χ0n) is 50.6. The Hall–Kier alpha value is -9.13. The summed E-state index contributed by atoms with van der Waals surface area (Å²) in [5.41, 5.74) is 15.9. The van der Waals surface area contributed by atoms with Gasteiger partial charge < -0.3 is 9.13 Å². The summed E-state index contributed by atoms with van der Waals surface area (Å²) in [6.45, 7) is 36.6. The molecule has 0 N–H and O–H groups in total. The average molecular weight is 1120 g/mol. The maximum atomic E-state index is 14.7. The van der Waals surface area contributed by atoms with Gasteiger partial charge in [-0.3, -0.25) is 0 Å². The Morgan fingerprint density at radius 3 is 1.28 bits per heavy atom. The molecule has 0 spiro atoms. The number of benzene rings is 9. The smallest absolute Gasteiger partial charge is 0.309 e. The van der Waals surface area contributed by atoms with E-state index in [2.05, 4.69) is 213 Å². The maximum Gasteiger partial charge on any atom is 0.416 e. The first kappa shape index (κ1) is 56.4. The number of para-hydroxylation sites is 2. The van der Waals surface area contributed by atoms with Gasteiger partial charge in [0.15, 0.2) is 23.2 Å². The number of aryl methyl sites for hydroxylation is 1. The molecule has 12 aromatic rings. The quantitative estimate of drug-likeness (QED) is 0.149. The minimum absolute atomic E-state index is 0.188. The molecular weight excluding hydrogens is 1050 g/mol. The van der Waals surface area contributed by atoms with Gasteiger partial charge in [0.1, 0.15) is 0 Å². The van der Waals surface area contributed by atoms with E-state index in [1.54, 1.807) is 6.07 Å². The highest BCUT2D eigenvalue weighted by Gasteiger charge is 2.32. The number of alkyl halides is 3. The molecule has 85 heavy (non-hydrogen) atoms. The predicted octanol–water partition coefficient (Wildman–Crippen LogP) is 21.5. The van der Waals surface area contributed by atoms with Gasteiger partial charge in [0.05, 0.1) is 45.6 Å². The van der Waals surface area contributed by atoms with Gasteiger partial charge in [-0.1, -0.05) is 180 Å². The minimum atomic E-state index is -4.55. The summed E-state index contributed by atoms with van der Waals surface area (Å²) >= 11 is 0. The molecule has 6 nitrogen and oxygen atoms in total. The normalized spacial score (nSPS) is 12.7. The summed E-state index contributed by atoms with van der Waals surface area (Å²) in [5, 5.41) is 3.38. The molecule has 12 rings (SSSR count). The number of aromatic nitrogens is 5. The van der Waals surface area contributed by atoms with Gasteiger partial charge in [0, 0.05) is 49.4 Å². The fourth-order valence-electron chi connectivity index (χ4n) is 11.7. The van der Waals surface area contributed by atoms with Crippen LogP contribution in [-0.4, -0.2) is 24.1 Å². The first-order chi connectivity index (χ1) is 40.1. The molecule has 3 heterocycles. The highest BCUT2D eigenvalue weighted by atomic mass is 19.4. The average Bonchev–Trinajstić information content (AvgIpc) is 1.74. The van der Waals surface area contributed by atoms with E-state index in [4.69, 9.17) is 21.5 Å². The van der Waals surface area contributed by atoms with Crippen LogP contribution in [0.1, 0.15) is 116 Å². The maximum absolute atomic E-state index is 14.7. The van der Waals surface area contributed by atoms with Crippen LogP contribution in [0, 0.1) is 13.5 Å². The lowest BCUT2D eigenvalue weighted by Gasteiger charge is -2.26. The van der Waals surface area contributed by atoms with Gasteiger partial charge in [-0.2, -0.15) is 13.2 Å². The number of hydrogen-bond acceptors (Lipinski definition) is 3. The van der Waals surface area contributed by atoms with Crippen LogP contribution in [0.2, 0.25) is 0 Å². The fraction of sp³-hybridized carbons (Fsp3) is 0.237. The highest BCUT2D eigenvalue weighted by Crippen LogP contribution is 2.46. The molecular formula is C76H69F3N6. The van der Waals surface area contributed by atoms with Crippen molar-refractivity contribution < 1.29 is 13.2 Å². The molecule has 0 saturated heterocycles. The van der Waals surface area contributed by atoms with Crippen molar-refractivity contribution in [1.29, 1.82) is 0 Å². The van der Waals surface area contributed by atoms with E-state index in [1.807, 2.05) is 54.6 Å². The second-order valence-corrected chi connectivity index (χ2v) is 27.0. The van der Waals surface area contributed by atoms with Crippen LogP contribution in [0.25, 0.3) is 116 Å². The number of hydrogen-bond donors (Lipinski definition) is 0. The van der Waals surface area contributed by atoms with Gasteiger partial charge in [-0.25, -0.2) is 19.8 Å². The lowest BCUT2D eigenvalue weighted by Crippen LogP contribution is -2.17. The molecule has 9 heteroatoms. The van der Waals surface area contributed by atoms with E-state index in [-0.39, 0.29) is 21.7 Å². The van der Waals surface area contributed by atoms with E-state index in [0.717, 1.165) is 83.2 Å². The van der Waals surface area contributed by atoms with Crippen molar-refractivity contribution in [3.8, 4) is 67.8 Å². The Kier molecular flexibility index (Phi) is 13.5. The summed E-state index contributed by atoms with van der Waals surface area (Å²) in [4.78, 5) is 20.2. The van der Waals surface area contributed by atoms with Gasteiger partial charge in [0.25, 0.3) is 0 Å². The van der Waals surface area contributed by atoms with Crippen molar-refractivity contribution in [2.75, 3.05) is 0 Å². The fourth-order valence-corrected chi connectivity index (χ4v) is 11.7. The van der Waals surface area contributed by atoms with E-state index in [9.17, 15) is 13.2 Å². The van der Waals surface area contributed by atoms with Crippen molar-refractivity contribution >= 4 is 49.3 Å². The van der Waals surface area contributed by atoms with Crippen LogP contribution < -0.4 is 0 Å². The van der Waals surface area contributed by atoms with Crippen molar-refractivity contribution in [2.24, 2.45) is 0 Å². The molecule has 0 amide bonds. The third-order valence-electron chi connectivity index (χ3n) is 16.7. The molecule has 3 aromatic heterocycles. The van der Waals surface area contributed by atoms with Crippen molar-refractivity contribution in [3.05, 3.63) is 227 Å². The SMILES string of the molecule is [C-]#[N+]c1ccc(-c2ccc(-c3cc(-c4nc(-c5cc(C(C)(C)C)cc(C(C)(C)C)c5)nc(-c5cc(C(C)(C)C)cc(C(C)(C)C)c5)n4)ccc3-n3c4ccccc4c4cc(C(F)(F)F)ccc43)c(-n3c4ccccc4c4cc(C)ccc43)c2)cc1. The molecule has 0 fully saturated rings. The van der Waals surface area contributed by atoms with Crippen molar-refractivity contribution in [1.82, 2.24) is 24.1 Å². The molecule has 9 aromatic carbocycles. The summed E-state index contributed by atoms with van der Waals surface area (Å²) in [6, 6.07) is 60.7. The Labute approximate surface area is 496 Å². The van der Waals surface area contributed by atoms with E-state index in [0.29, 0.717) is 39.4 Å². The van der Waals surface area contributed by atoms with Crippen molar-refractivity contribution in [3.63, 3.8) is 0 Å². The molecule has 0 saturated carbocycles. The summed E-state index contributed by atoms with van der Waals surface area (Å²) in [5.74, 6) is 1.55. The minimum Gasteiger partial charge on any atom is -0.309 e. The highest BCUT2D eigenvalue weighted by molar-refractivity contribution is 6.12. The molecule has 0 aliphatic heterocycles. The molecule has 0 atom stereocenters. The zero-order chi connectivity index (χ0) is 60.3. The number of fused-ring (bicyclic) bond motifs is 6. The number of nitrogens with zero attached hydrogens (tertiary/aromatic N) is 6. The molecule has 0 radical (unpaired) electrons. The number of halogens is 3. The van der Waals surface area contributed by atoms with Crippen LogP contribution in [-0.2, 0) is 27.8 Å². The Bertz CT molecular complexity index is 4530. The molecule has 0 aliphatic carbocycles. The van der Waals surface area contributed by atoms with Crippen LogP contribution in [0.15, 0.2) is 182 Å². The summed E-state index contributed by atoms with van der Waals surface area (Å²) in [6.07, 6.45) is -4.55. The lowest BCUT2D eigenvalue weighted by atomic mass is 9.79. The number of rotatable bonds is 7. The first-order valence-corrected chi connectivity index (χ1v) is 29.1. The van der Waals surface area contributed by atoms with Gasteiger partial charge >= 0.3 is 6.18 Å². The Balaban J connectivity index is 1.21. The molecule has 0 bridgehead atoms. The molecule has 0 aliphatic rings. The zero-order valence-corrected chi connectivity index (χ0v) is 50.6. The van der Waals surface area contributed by atoms with Gasteiger partial charge in [-0.15, -0.1) is 0 Å². The van der Waals surface area contributed by atoms with E-state index < -0.39 is 11.7 Å².